The second-order valence-electron chi connectivity index (χ2n) is 5.79. The summed E-state index contributed by atoms with van der Waals surface area (Å²) in [6, 6.07) is 0.711. The monoisotopic (exact) mass is 239 g/mol. The molecule has 0 radical (unpaired) electrons. The van der Waals surface area contributed by atoms with E-state index >= 15 is 0 Å². The fourth-order valence-corrected chi connectivity index (χ4v) is 3.52. The van der Waals surface area contributed by atoms with E-state index in [1.807, 2.05) is 0 Å². The Morgan fingerprint density at radius 1 is 1.06 bits per heavy atom. The third-order valence-electron chi connectivity index (χ3n) is 4.48. The third-order valence-corrected chi connectivity index (χ3v) is 4.48. The molecule has 1 N–H and O–H groups in total. The molecule has 100 valence electrons. The largest absolute Gasteiger partial charge is 0.378 e. The summed E-state index contributed by atoms with van der Waals surface area (Å²) in [4.78, 5) is 0. The number of hydrogen-bond acceptors (Lipinski definition) is 2. The van der Waals surface area contributed by atoms with Gasteiger partial charge in [-0.1, -0.05) is 26.2 Å². The Kier molecular flexibility index (Phi) is 5.79. The molecule has 1 saturated heterocycles. The summed E-state index contributed by atoms with van der Waals surface area (Å²) < 4.78 is 5.91. The molecule has 17 heavy (non-hydrogen) atoms. The molecule has 2 aliphatic rings. The highest BCUT2D eigenvalue weighted by Gasteiger charge is 2.26. The quantitative estimate of drug-likeness (QED) is 0.793. The van der Waals surface area contributed by atoms with Gasteiger partial charge < -0.3 is 10.1 Å². The predicted molar refractivity (Wildman–Crippen MR) is 72.2 cm³/mol. The van der Waals surface area contributed by atoms with Gasteiger partial charge in [-0.2, -0.15) is 0 Å². The maximum absolute atomic E-state index is 5.91. The minimum absolute atomic E-state index is 0.537. The zero-order valence-electron chi connectivity index (χ0n) is 11.4. The number of rotatable bonds is 5. The van der Waals surface area contributed by atoms with Crippen LogP contribution in [0.25, 0.3) is 0 Å². The molecule has 2 nitrogen and oxygen atoms in total. The van der Waals surface area contributed by atoms with Gasteiger partial charge in [-0.15, -0.1) is 0 Å². The van der Waals surface area contributed by atoms with Crippen molar-refractivity contribution >= 4 is 0 Å². The lowest BCUT2D eigenvalue weighted by atomic mass is 9.81. The summed E-state index contributed by atoms with van der Waals surface area (Å²) in [5.74, 6) is 0.911. The molecule has 0 bridgehead atoms. The van der Waals surface area contributed by atoms with E-state index in [2.05, 4.69) is 12.2 Å². The van der Waals surface area contributed by atoms with E-state index in [-0.39, 0.29) is 0 Å². The van der Waals surface area contributed by atoms with E-state index in [0.29, 0.717) is 12.1 Å². The van der Waals surface area contributed by atoms with Crippen LogP contribution in [-0.2, 0) is 4.74 Å². The highest BCUT2D eigenvalue weighted by atomic mass is 16.5. The van der Waals surface area contributed by atoms with Crippen molar-refractivity contribution < 1.29 is 4.74 Å². The lowest BCUT2D eigenvalue weighted by molar-refractivity contribution is -0.000267. The maximum Gasteiger partial charge on any atom is 0.0590 e. The summed E-state index contributed by atoms with van der Waals surface area (Å²) in [7, 11) is 0. The van der Waals surface area contributed by atoms with Crippen molar-refractivity contribution in [1.29, 1.82) is 0 Å². The van der Waals surface area contributed by atoms with E-state index < -0.39 is 0 Å². The molecule has 2 heteroatoms. The van der Waals surface area contributed by atoms with Gasteiger partial charge in [0.05, 0.1) is 6.10 Å². The van der Waals surface area contributed by atoms with Crippen LogP contribution in [-0.4, -0.2) is 25.3 Å². The van der Waals surface area contributed by atoms with Crippen molar-refractivity contribution in [2.45, 2.75) is 76.9 Å². The molecular formula is C15H29NO. The van der Waals surface area contributed by atoms with E-state index in [0.717, 1.165) is 19.1 Å². The van der Waals surface area contributed by atoms with Crippen LogP contribution in [0.3, 0.4) is 0 Å². The minimum Gasteiger partial charge on any atom is -0.378 e. The van der Waals surface area contributed by atoms with E-state index in [4.69, 9.17) is 4.74 Å². The van der Waals surface area contributed by atoms with Gasteiger partial charge in [0.2, 0.25) is 0 Å². The first-order valence-electron chi connectivity index (χ1n) is 7.75. The Labute approximate surface area is 107 Å². The van der Waals surface area contributed by atoms with Gasteiger partial charge in [0.15, 0.2) is 0 Å². The molecule has 0 spiro atoms. The molecule has 1 aliphatic carbocycles. The summed E-state index contributed by atoms with van der Waals surface area (Å²) in [5.41, 5.74) is 0. The second kappa shape index (κ2) is 7.38. The topological polar surface area (TPSA) is 21.3 Å². The first kappa shape index (κ1) is 13.4. The van der Waals surface area contributed by atoms with E-state index in [1.54, 1.807) is 0 Å². The van der Waals surface area contributed by atoms with Gasteiger partial charge in [0, 0.05) is 12.6 Å². The average molecular weight is 239 g/mol. The lowest BCUT2D eigenvalue weighted by Gasteiger charge is -2.34. The van der Waals surface area contributed by atoms with Gasteiger partial charge in [0.25, 0.3) is 0 Å². The maximum atomic E-state index is 5.91. The highest BCUT2D eigenvalue weighted by Crippen LogP contribution is 2.30. The Bertz CT molecular complexity index is 195. The van der Waals surface area contributed by atoms with Crippen LogP contribution < -0.4 is 5.32 Å². The van der Waals surface area contributed by atoms with E-state index in [1.165, 1.54) is 57.8 Å². The number of hydrogen-bond donors (Lipinski definition) is 1. The smallest absolute Gasteiger partial charge is 0.0590 e. The van der Waals surface area contributed by atoms with Crippen LogP contribution >= 0.6 is 0 Å². The molecule has 1 saturated carbocycles. The molecule has 2 atom stereocenters. The van der Waals surface area contributed by atoms with Crippen LogP contribution in [0.15, 0.2) is 0 Å². The first-order valence-corrected chi connectivity index (χ1v) is 7.75. The average Bonchev–Trinajstić information content (AvgIpc) is 2.40. The Balaban J connectivity index is 1.81. The van der Waals surface area contributed by atoms with Gasteiger partial charge in [-0.25, -0.2) is 0 Å². The van der Waals surface area contributed by atoms with Crippen LogP contribution in [0, 0.1) is 5.92 Å². The van der Waals surface area contributed by atoms with Crippen molar-refractivity contribution in [3.05, 3.63) is 0 Å². The van der Waals surface area contributed by atoms with Gasteiger partial charge >= 0.3 is 0 Å². The van der Waals surface area contributed by atoms with Crippen LogP contribution in [0.5, 0.6) is 0 Å². The minimum atomic E-state index is 0.537. The summed E-state index contributed by atoms with van der Waals surface area (Å²) in [6.07, 6.45) is 12.9. The SMILES string of the molecule is CCNC(CC1CCCCO1)C1CCCCC1. The van der Waals surface area contributed by atoms with Crippen LogP contribution in [0.2, 0.25) is 0 Å². The Morgan fingerprint density at radius 2 is 1.82 bits per heavy atom. The van der Waals surface area contributed by atoms with Crippen molar-refractivity contribution in [1.82, 2.24) is 5.32 Å². The first-order chi connectivity index (χ1) is 8.40. The molecular weight excluding hydrogens is 210 g/mol. The zero-order valence-corrected chi connectivity index (χ0v) is 11.4. The predicted octanol–water partition coefficient (Wildman–Crippen LogP) is 3.50. The van der Waals surface area contributed by atoms with Crippen LogP contribution in [0.1, 0.15) is 64.7 Å². The fraction of sp³-hybridized carbons (Fsp3) is 1.00. The molecule has 1 aliphatic heterocycles. The number of nitrogens with one attached hydrogen (secondary N) is 1. The summed E-state index contributed by atoms with van der Waals surface area (Å²) >= 11 is 0. The molecule has 0 amide bonds. The molecule has 0 aromatic rings. The van der Waals surface area contributed by atoms with Crippen molar-refractivity contribution in [2.24, 2.45) is 5.92 Å². The van der Waals surface area contributed by atoms with Crippen LogP contribution in [0.4, 0.5) is 0 Å². The normalized spacial score (nSPS) is 29.1. The lowest BCUT2D eigenvalue weighted by Crippen LogP contribution is -2.41. The van der Waals surface area contributed by atoms with Gasteiger partial charge in [0.1, 0.15) is 0 Å². The molecule has 1 heterocycles. The molecule has 2 fully saturated rings. The van der Waals surface area contributed by atoms with Crippen molar-refractivity contribution in [3.63, 3.8) is 0 Å². The van der Waals surface area contributed by atoms with E-state index in [9.17, 15) is 0 Å². The summed E-state index contributed by atoms with van der Waals surface area (Å²) in [5, 5.41) is 3.72. The van der Waals surface area contributed by atoms with Gasteiger partial charge in [-0.3, -0.25) is 0 Å². The Hall–Kier alpha value is -0.0800. The van der Waals surface area contributed by atoms with Crippen molar-refractivity contribution in [2.75, 3.05) is 13.2 Å². The third kappa shape index (κ3) is 4.26. The molecule has 2 rings (SSSR count). The van der Waals surface area contributed by atoms with Gasteiger partial charge in [-0.05, 0) is 51.0 Å². The Morgan fingerprint density at radius 3 is 2.47 bits per heavy atom. The molecule has 0 aromatic carbocycles. The molecule has 2 unspecified atom stereocenters. The number of ether oxygens (including phenoxy) is 1. The zero-order chi connectivity index (χ0) is 11.9. The summed E-state index contributed by atoms with van der Waals surface area (Å²) in [6.45, 7) is 4.33. The standard InChI is InChI=1S/C15H29NO/c1-2-16-15(13-8-4-3-5-9-13)12-14-10-6-7-11-17-14/h13-16H,2-12H2,1H3. The highest BCUT2D eigenvalue weighted by molar-refractivity contribution is 4.82. The molecule has 0 aromatic heterocycles. The fourth-order valence-electron chi connectivity index (χ4n) is 3.52. The van der Waals surface area contributed by atoms with Crippen molar-refractivity contribution in [3.8, 4) is 0 Å². The second-order valence-corrected chi connectivity index (χ2v) is 5.79.